The largest absolute Gasteiger partial charge is 0.324 e. The second-order valence-corrected chi connectivity index (χ2v) is 5.56. The molecule has 0 saturated carbocycles. The molecule has 3 rings (SSSR count). The molecule has 10 nitrogen and oxygen atoms in total. The number of aryl methyl sites for hydroxylation is 1. The fourth-order valence-corrected chi connectivity index (χ4v) is 2.45. The number of nitro groups is 1. The monoisotopic (exact) mass is 362 g/mol. The molecule has 1 amide bonds. The number of amides is 1. The fourth-order valence-electron chi connectivity index (χ4n) is 2.26. The molecule has 0 aliphatic carbocycles. The van der Waals surface area contributed by atoms with Crippen LogP contribution in [0.25, 0.3) is 11.0 Å². The Morgan fingerprint density at radius 3 is 2.92 bits per heavy atom. The molecular weight excluding hydrogens is 352 g/mol. The van der Waals surface area contributed by atoms with E-state index in [1.54, 1.807) is 7.05 Å². The van der Waals surface area contributed by atoms with Gasteiger partial charge >= 0.3 is 0 Å². The van der Waals surface area contributed by atoms with Gasteiger partial charge in [-0.05, 0) is 12.1 Å². The number of hydrogen-bond donors (Lipinski definition) is 1. The van der Waals surface area contributed by atoms with E-state index in [0.717, 1.165) is 10.6 Å². The van der Waals surface area contributed by atoms with Gasteiger partial charge in [-0.25, -0.2) is 4.98 Å². The van der Waals surface area contributed by atoms with Crippen LogP contribution in [0.3, 0.4) is 0 Å². The lowest BCUT2D eigenvalue weighted by atomic mass is 10.2. The van der Waals surface area contributed by atoms with E-state index in [1.165, 1.54) is 29.3 Å². The molecule has 0 aliphatic rings. The van der Waals surface area contributed by atoms with Gasteiger partial charge in [0.2, 0.25) is 5.91 Å². The van der Waals surface area contributed by atoms with Crippen LogP contribution in [0.4, 0.5) is 11.4 Å². The zero-order valence-electron chi connectivity index (χ0n) is 12.8. The minimum absolute atomic E-state index is 0.0366. The Bertz CT molecular complexity index is 1060. The predicted molar refractivity (Wildman–Crippen MR) is 89.5 cm³/mol. The number of anilines is 1. The van der Waals surface area contributed by atoms with Crippen molar-refractivity contribution in [2.45, 2.75) is 6.54 Å². The number of rotatable bonds is 4. The number of nitro benzene ring substituents is 1. The molecule has 1 N–H and O–H groups in total. The molecule has 0 saturated heterocycles. The van der Waals surface area contributed by atoms with Gasteiger partial charge in [-0.1, -0.05) is 11.6 Å². The first-order valence-electron chi connectivity index (χ1n) is 6.98. The second-order valence-electron chi connectivity index (χ2n) is 5.15. The Morgan fingerprint density at radius 1 is 1.44 bits per heavy atom. The summed E-state index contributed by atoms with van der Waals surface area (Å²) in [5, 5.41) is 17.5. The molecule has 0 aliphatic heterocycles. The van der Waals surface area contributed by atoms with Crippen LogP contribution in [-0.4, -0.2) is 30.2 Å². The van der Waals surface area contributed by atoms with E-state index in [0.29, 0.717) is 11.0 Å². The molecule has 3 aromatic rings. The second kappa shape index (κ2) is 6.32. The molecule has 2 heterocycles. The maximum absolute atomic E-state index is 12.3. The highest BCUT2D eigenvalue weighted by atomic mass is 35.5. The third-order valence-corrected chi connectivity index (χ3v) is 3.78. The van der Waals surface area contributed by atoms with Crippen molar-refractivity contribution in [1.29, 1.82) is 0 Å². The van der Waals surface area contributed by atoms with Gasteiger partial charge in [-0.15, -0.1) is 0 Å². The number of carbonyl (C=O) groups excluding carboxylic acids is 1. The van der Waals surface area contributed by atoms with Gasteiger partial charge in [-0.2, -0.15) is 5.10 Å². The van der Waals surface area contributed by atoms with Crippen LogP contribution in [-0.2, 0) is 18.4 Å². The highest BCUT2D eigenvalue weighted by Crippen LogP contribution is 2.27. The van der Waals surface area contributed by atoms with Gasteiger partial charge in [0.25, 0.3) is 11.2 Å². The van der Waals surface area contributed by atoms with Crippen LogP contribution in [0.1, 0.15) is 0 Å². The van der Waals surface area contributed by atoms with E-state index in [9.17, 15) is 19.7 Å². The van der Waals surface area contributed by atoms with E-state index in [2.05, 4.69) is 15.4 Å². The van der Waals surface area contributed by atoms with E-state index in [4.69, 9.17) is 11.6 Å². The SMILES string of the molecule is Cn1ncc2c(=O)n(CC(=O)Nc3ccc(Cl)c([N+](=O)[O-])c3)cnc21. The van der Waals surface area contributed by atoms with Crippen LogP contribution in [0.2, 0.25) is 5.02 Å². The normalized spacial score (nSPS) is 10.8. The summed E-state index contributed by atoms with van der Waals surface area (Å²) in [4.78, 5) is 38.7. The van der Waals surface area contributed by atoms with Gasteiger partial charge in [-0.3, -0.25) is 29.0 Å². The molecule has 1 aromatic carbocycles. The Hall–Kier alpha value is -3.27. The summed E-state index contributed by atoms with van der Waals surface area (Å²) >= 11 is 5.72. The van der Waals surface area contributed by atoms with Gasteiger partial charge in [0.1, 0.15) is 23.3 Å². The van der Waals surface area contributed by atoms with Crippen molar-refractivity contribution < 1.29 is 9.72 Å². The Morgan fingerprint density at radius 2 is 2.20 bits per heavy atom. The molecule has 0 spiro atoms. The number of nitrogens with one attached hydrogen (secondary N) is 1. The Kier molecular flexibility index (Phi) is 4.19. The summed E-state index contributed by atoms with van der Waals surface area (Å²) in [5.41, 5.74) is -0.120. The molecule has 0 atom stereocenters. The highest BCUT2D eigenvalue weighted by molar-refractivity contribution is 6.32. The van der Waals surface area contributed by atoms with Crippen molar-refractivity contribution in [2.24, 2.45) is 7.05 Å². The summed E-state index contributed by atoms with van der Waals surface area (Å²) in [5.74, 6) is -0.538. The van der Waals surface area contributed by atoms with E-state index < -0.39 is 16.4 Å². The standard InChI is InChI=1S/C14H11ClN6O4/c1-19-13-9(5-17-19)14(23)20(7-16-13)6-12(22)18-8-2-3-10(15)11(4-8)21(24)25/h2-5,7H,6H2,1H3,(H,18,22). The predicted octanol–water partition coefficient (Wildman–Crippen LogP) is 1.33. The summed E-state index contributed by atoms with van der Waals surface area (Å²) in [7, 11) is 1.65. The minimum atomic E-state index is -0.650. The van der Waals surface area contributed by atoms with Gasteiger partial charge in [0, 0.05) is 18.8 Å². The lowest BCUT2D eigenvalue weighted by molar-refractivity contribution is -0.384. The molecule has 0 radical (unpaired) electrons. The lowest BCUT2D eigenvalue weighted by Gasteiger charge is -2.07. The van der Waals surface area contributed by atoms with E-state index in [1.807, 2.05) is 0 Å². The number of benzene rings is 1. The fraction of sp³-hybridized carbons (Fsp3) is 0.143. The van der Waals surface area contributed by atoms with Crippen molar-refractivity contribution in [2.75, 3.05) is 5.32 Å². The first kappa shape index (κ1) is 16.6. The topological polar surface area (TPSA) is 125 Å². The minimum Gasteiger partial charge on any atom is -0.324 e. The first-order valence-corrected chi connectivity index (χ1v) is 7.35. The molecule has 0 fully saturated rings. The average molecular weight is 363 g/mol. The van der Waals surface area contributed by atoms with E-state index >= 15 is 0 Å². The smallest absolute Gasteiger partial charge is 0.289 e. The summed E-state index contributed by atoms with van der Waals surface area (Å²) in [6.45, 7) is -0.299. The van der Waals surface area contributed by atoms with Crippen molar-refractivity contribution in [1.82, 2.24) is 19.3 Å². The summed E-state index contributed by atoms with van der Waals surface area (Å²) in [6.07, 6.45) is 2.62. The Balaban J connectivity index is 1.81. The number of nitrogens with zero attached hydrogens (tertiary/aromatic N) is 5. The molecule has 0 unspecified atom stereocenters. The zero-order valence-corrected chi connectivity index (χ0v) is 13.6. The highest BCUT2D eigenvalue weighted by Gasteiger charge is 2.15. The van der Waals surface area contributed by atoms with Crippen LogP contribution < -0.4 is 10.9 Å². The lowest BCUT2D eigenvalue weighted by Crippen LogP contribution is -2.27. The first-order chi connectivity index (χ1) is 11.9. The number of aromatic nitrogens is 4. The molecule has 2 aromatic heterocycles. The molecule has 25 heavy (non-hydrogen) atoms. The number of fused-ring (bicyclic) bond motifs is 1. The van der Waals surface area contributed by atoms with Crippen molar-refractivity contribution in [3.05, 3.63) is 56.2 Å². The van der Waals surface area contributed by atoms with Crippen molar-refractivity contribution >= 4 is 39.9 Å². The molecule has 0 bridgehead atoms. The summed E-state index contributed by atoms with van der Waals surface area (Å²) in [6, 6.07) is 3.88. The molecule has 11 heteroatoms. The van der Waals surface area contributed by atoms with Gasteiger partial charge in [0.05, 0.1) is 11.1 Å². The van der Waals surface area contributed by atoms with Crippen molar-refractivity contribution in [3.63, 3.8) is 0 Å². The maximum Gasteiger partial charge on any atom is 0.289 e. The summed E-state index contributed by atoms with van der Waals surface area (Å²) < 4.78 is 2.58. The van der Waals surface area contributed by atoms with Crippen LogP contribution in [0, 0.1) is 10.1 Å². The average Bonchev–Trinajstić information content (AvgIpc) is 2.93. The number of hydrogen-bond acceptors (Lipinski definition) is 6. The van der Waals surface area contributed by atoms with Gasteiger partial charge in [0.15, 0.2) is 5.65 Å². The van der Waals surface area contributed by atoms with Crippen LogP contribution in [0.15, 0.2) is 35.5 Å². The van der Waals surface area contributed by atoms with Crippen LogP contribution in [0.5, 0.6) is 0 Å². The van der Waals surface area contributed by atoms with E-state index in [-0.39, 0.29) is 22.9 Å². The van der Waals surface area contributed by atoms with Crippen LogP contribution >= 0.6 is 11.6 Å². The zero-order chi connectivity index (χ0) is 18.1. The van der Waals surface area contributed by atoms with Crippen molar-refractivity contribution in [3.8, 4) is 0 Å². The molecule has 128 valence electrons. The third-order valence-electron chi connectivity index (χ3n) is 3.46. The number of halogens is 1. The quantitative estimate of drug-likeness (QED) is 0.551. The molecular formula is C14H11ClN6O4. The van der Waals surface area contributed by atoms with Gasteiger partial charge < -0.3 is 5.32 Å². The number of carbonyl (C=O) groups is 1. The third kappa shape index (κ3) is 3.19. The maximum atomic E-state index is 12.3. The Labute approximate surface area is 144 Å².